The van der Waals surface area contributed by atoms with Crippen molar-refractivity contribution in [1.82, 2.24) is 14.8 Å². The van der Waals surface area contributed by atoms with Gasteiger partial charge in [0.05, 0.1) is 18.4 Å². The summed E-state index contributed by atoms with van der Waals surface area (Å²) in [6, 6.07) is 2.71. The van der Waals surface area contributed by atoms with E-state index in [4.69, 9.17) is 4.74 Å². The number of carbonyl (C=O) groups excluding carboxylic acids is 1. The van der Waals surface area contributed by atoms with E-state index in [0.29, 0.717) is 18.4 Å². The highest BCUT2D eigenvalue weighted by Crippen LogP contribution is 2.29. The van der Waals surface area contributed by atoms with Crippen LogP contribution in [0.25, 0.3) is 0 Å². The number of carbonyl (C=O) groups is 1. The summed E-state index contributed by atoms with van der Waals surface area (Å²) in [4.78, 5) is 12.8. The third-order valence-corrected chi connectivity index (χ3v) is 7.29. The van der Waals surface area contributed by atoms with Crippen LogP contribution < -0.4 is 5.32 Å². The maximum Gasteiger partial charge on any atom is 0.206 e. The van der Waals surface area contributed by atoms with Crippen molar-refractivity contribution in [2.75, 3.05) is 24.8 Å². The fraction of sp³-hybridized carbons (Fsp3) is 0.650. The summed E-state index contributed by atoms with van der Waals surface area (Å²) in [5.74, 6) is 0.507. The van der Waals surface area contributed by atoms with Crippen molar-refractivity contribution in [2.45, 2.75) is 69.3 Å². The van der Waals surface area contributed by atoms with Crippen LogP contribution in [0.15, 0.2) is 10.4 Å². The average Bonchev–Trinajstić information content (AvgIpc) is 3.24. The molecule has 6 nitrogen and oxygen atoms in total. The van der Waals surface area contributed by atoms with Crippen LogP contribution in [0.5, 0.6) is 0 Å². The highest BCUT2D eigenvalue weighted by molar-refractivity contribution is 8.01. The topological polar surface area (TPSA) is 69.0 Å². The second kappa shape index (κ2) is 9.89. The zero-order valence-corrected chi connectivity index (χ0v) is 18.8. The van der Waals surface area contributed by atoms with Crippen molar-refractivity contribution in [3.8, 4) is 0 Å². The van der Waals surface area contributed by atoms with Gasteiger partial charge < -0.3 is 14.6 Å². The quantitative estimate of drug-likeness (QED) is 0.459. The molecule has 1 N–H and O–H groups in total. The molecule has 1 saturated carbocycles. The van der Waals surface area contributed by atoms with Gasteiger partial charge in [-0.2, -0.15) is 0 Å². The third kappa shape index (κ3) is 5.15. The van der Waals surface area contributed by atoms with Crippen molar-refractivity contribution in [3.63, 3.8) is 0 Å². The number of methoxy groups -OCH3 is 1. The van der Waals surface area contributed by atoms with E-state index >= 15 is 0 Å². The summed E-state index contributed by atoms with van der Waals surface area (Å²) in [7, 11) is 1.70. The number of hydrogen-bond acceptors (Lipinski definition) is 7. The maximum absolute atomic E-state index is 12.8. The highest BCUT2D eigenvalue weighted by Gasteiger charge is 2.20. The van der Waals surface area contributed by atoms with E-state index in [0.717, 1.165) is 26.4 Å². The van der Waals surface area contributed by atoms with E-state index in [1.165, 1.54) is 43.9 Å². The molecule has 0 aliphatic heterocycles. The number of Topliss-reactive ketones (excluding diaryl/α,β-unsaturated/α-hetero) is 1. The molecule has 0 radical (unpaired) electrons. The molecule has 0 aromatic carbocycles. The van der Waals surface area contributed by atoms with Gasteiger partial charge in [-0.05, 0) is 39.7 Å². The zero-order chi connectivity index (χ0) is 20.1. The van der Waals surface area contributed by atoms with Crippen molar-refractivity contribution < 1.29 is 9.53 Å². The molecule has 2 aromatic heterocycles. The minimum atomic E-state index is 0.131. The Hall–Kier alpha value is -1.38. The van der Waals surface area contributed by atoms with E-state index in [9.17, 15) is 4.79 Å². The third-order valence-electron chi connectivity index (χ3n) is 5.30. The van der Waals surface area contributed by atoms with Crippen LogP contribution in [0.1, 0.15) is 66.8 Å². The summed E-state index contributed by atoms with van der Waals surface area (Å²) in [6.45, 7) is 6.78. The fourth-order valence-electron chi connectivity index (χ4n) is 4.01. The van der Waals surface area contributed by atoms with Crippen LogP contribution in [0.3, 0.4) is 0 Å². The first-order chi connectivity index (χ1) is 13.5. The Balaban J connectivity index is 1.58. The predicted molar refractivity (Wildman–Crippen MR) is 116 cm³/mol. The van der Waals surface area contributed by atoms with Crippen LogP contribution in [-0.4, -0.2) is 46.1 Å². The molecule has 0 saturated heterocycles. The lowest BCUT2D eigenvalue weighted by molar-refractivity contribution is 0.102. The van der Waals surface area contributed by atoms with E-state index in [-0.39, 0.29) is 11.8 Å². The first-order valence-corrected chi connectivity index (χ1v) is 11.7. The van der Waals surface area contributed by atoms with Crippen molar-refractivity contribution >= 4 is 34.0 Å². The van der Waals surface area contributed by atoms with Gasteiger partial charge in [-0.1, -0.05) is 42.4 Å². The lowest BCUT2D eigenvalue weighted by atomic mass is 9.96. The Morgan fingerprint density at radius 3 is 2.82 bits per heavy atom. The number of nitrogens with one attached hydrogen (secondary N) is 1. The molecule has 0 unspecified atom stereocenters. The number of aryl methyl sites for hydroxylation is 1. The Labute approximate surface area is 175 Å². The second-order valence-electron chi connectivity index (χ2n) is 7.52. The molecule has 154 valence electrons. The maximum atomic E-state index is 12.8. The summed E-state index contributed by atoms with van der Waals surface area (Å²) < 4.78 is 8.29. The second-order valence-corrected chi connectivity index (χ2v) is 9.72. The Morgan fingerprint density at radius 1 is 1.36 bits per heavy atom. The molecule has 1 atom stereocenters. The standard InChI is InChI=1S/C20H30N4O2S2/c1-13-10-17(15(3)24(13)14(2)11-26-4)18(25)12-27-20-23-22-19(28-20)21-16-8-6-5-7-9-16/h10,14,16H,5-9,11-12H2,1-4H3,(H,21,22)/t14-/m0/s1. The molecule has 0 spiro atoms. The monoisotopic (exact) mass is 422 g/mol. The van der Waals surface area contributed by atoms with Gasteiger partial charge in [-0.25, -0.2) is 0 Å². The van der Waals surface area contributed by atoms with Crippen LogP contribution in [0.4, 0.5) is 5.13 Å². The lowest BCUT2D eigenvalue weighted by Crippen LogP contribution is -2.21. The molecule has 8 heteroatoms. The van der Waals surface area contributed by atoms with E-state index < -0.39 is 0 Å². The highest BCUT2D eigenvalue weighted by atomic mass is 32.2. The van der Waals surface area contributed by atoms with Gasteiger partial charge in [0.1, 0.15) is 0 Å². The van der Waals surface area contributed by atoms with E-state index in [1.54, 1.807) is 18.4 Å². The van der Waals surface area contributed by atoms with Crippen LogP contribution in [0.2, 0.25) is 0 Å². The molecule has 0 bridgehead atoms. The van der Waals surface area contributed by atoms with Gasteiger partial charge >= 0.3 is 0 Å². The normalized spacial score (nSPS) is 16.3. The Bertz CT molecular complexity index is 796. The molecule has 2 heterocycles. The van der Waals surface area contributed by atoms with Crippen LogP contribution in [-0.2, 0) is 4.74 Å². The molecule has 28 heavy (non-hydrogen) atoms. The van der Waals surface area contributed by atoms with Gasteiger partial charge in [0.25, 0.3) is 0 Å². The minimum Gasteiger partial charge on any atom is -0.383 e. The van der Waals surface area contributed by atoms with Gasteiger partial charge in [0, 0.05) is 30.1 Å². The first kappa shape index (κ1) is 21.3. The van der Waals surface area contributed by atoms with E-state index in [1.807, 2.05) is 19.9 Å². The Morgan fingerprint density at radius 2 is 2.11 bits per heavy atom. The number of hydrogen-bond donors (Lipinski definition) is 1. The fourth-order valence-corrected chi connectivity index (χ4v) is 5.72. The van der Waals surface area contributed by atoms with E-state index in [2.05, 4.69) is 27.0 Å². The van der Waals surface area contributed by atoms with Crippen molar-refractivity contribution in [2.24, 2.45) is 0 Å². The molecule has 2 aromatic rings. The molecular weight excluding hydrogens is 392 g/mol. The van der Waals surface area contributed by atoms with Crippen LogP contribution in [0, 0.1) is 13.8 Å². The van der Waals surface area contributed by atoms with Gasteiger partial charge in [0.2, 0.25) is 5.13 Å². The molecule has 1 fully saturated rings. The summed E-state index contributed by atoms with van der Waals surface area (Å²) in [5.41, 5.74) is 2.88. The molecule has 1 aliphatic carbocycles. The number of thioether (sulfide) groups is 1. The van der Waals surface area contributed by atoms with Gasteiger partial charge in [-0.3, -0.25) is 4.79 Å². The lowest BCUT2D eigenvalue weighted by Gasteiger charge is -2.21. The largest absolute Gasteiger partial charge is 0.383 e. The first-order valence-electron chi connectivity index (χ1n) is 9.93. The number of nitrogens with zero attached hydrogens (tertiary/aromatic N) is 3. The van der Waals surface area contributed by atoms with Gasteiger partial charge in [-0.15, -0.1) is 10.2 Å². The molecule has 1 aliphatic rings. The smallest absolute Gasteiger partial charge is 0.206 e. The number of rotatable bonds is 9. The van der Waals surface area contributed by atoms with Crippen LogP contribution >= 0.6 is 23.1 Å². The van der Waals surface area contributed by atoms with Gasteiger partial charge in [0.15, 0.2) is 10.1 Å². The molecule has 3 rings (SSSR count). The summed E-state index contributed by atoms with van der Waals surface area (Å²) >= 11 is 3.01. The average molecular weight is 423 g/mol. The molecule has 0 amide bonds. The zero-order valence-electron chi connectivity index (χ0n) is 17.2. The number of ketones is 1. The predicted octanol–water partition coefficient (Wildman–Crippen LogP) is 4.88. The number of anilines is 1. The molecular formula is C20H30N4O2S2. The SMILES string of the molecule is COC[C@H](C)n1c(C)cc(C(=O)CSc2nnc(NC3CCCCC3)s2)c1C. The summed E-state index contributed by atoms with van der Waals surface area (Å²) in [5, 5.41) is 12.9. The Kier molecular flexibility index (Phi) is 7.54. The summed E-state index contributed by atoms with van der Waals surface area (Å²) in [6.07, 6.45) is 6.32. The number of aromatic nitrogens is 3. The van der Waals surface area contributed by atoms with Crippen molar-refractivity contribution in [1.29, 1.82) is 0 Å². The van der Waals surface area contributed by atoms with Crippen molar-refractivity contribution in [3.05, 3.63) is 23.0 Å². The minimum absolute atomic E-state index is 0.131. The number of ether oxygens (including phenoxy) is 1.